The van der Waals surface area contributed by atoms with Crippen LogP contribution in [0.5, 0.6) is 11.5 Å². The second-order valence-electron chi connectivity index (χ2n) is 8.69. The number of barbiturate groups is 1. The molecule has 2 fully saturated rings. The predicted octanol–water partition coefficient (Wildman–Crippen LogP) is 1.65. The van der Waals surface area contributed by atoms with E-state index in [4.69, 9.17) is 9.47 Å². The van der Waals surface area contributed by atoms with Gasteiger partial charge < -0.3 is 19.3 Å². The number of imide groups is 2. The molecular weight excluding hydrogens is 424 g/mol. The number of nitrogens with one attached hydrogen (secondary N) is 1. The molecule has 9 heteroatoms. The fourth-order valence-electron chi connectivity index (χ4n) is 5.28. The average molecular weight is 450 g/mol. The van der Waals surface area contributed by atoms with Crippen molar-refractivity contribution >= 4 is 29.2 Å². The molecule has 9 nitrogen and oxygen atoms in total. The highest BCUT2D eigenvalue weighted by Gasteiger charge is 2.63. The number of nitrogens with zero attached hydrogens (tertiary/aromatic N) is 3. The fourth-order valence-corrected chi connectivity index (χ4v) is 5.28. The number of hydrogen-bond acceptors (Lipinski definition) is 7. The minimum atomic E-state index is -1.47. The number of hydrogen-bond donors (Lipinski definition) is 1. The molecule has 3 aliphatic heterocycles. The molecule has 1 N–H and O–H groups in total. The molecule has 4 amide bonds. The molecule has 33 heavy (non-hydrogen) atoms. The van der Waals surface area contributed by atoms with E-state index in [9.17, 15) is 14.4 Å². The standard InChI is InChI=1S/C24H26N4O5/c1-26-10-11-27-17-7-5-4-6-15(17)13-24(20(27)14-26)21(29)25-23(31)28(22(24)30)18-12-16(32-2)8-9-19(18)33-3/h4-9,12,20H,10-11,13-14H2,1-3H3,(H,25,29,31)/t20-,24+/m1/s1. The number of methoxy groups -OCH3 is 2. The number of para-hydroxylation sites is 1. The van der Waals surface area contributed by atoms with E-state index in [0.717, 1.165) is 22.7 Å². The molecule has 3 aliphatic rings. The predicted molar refractivity (Wildman–Crippen MR) is 122 cm³/mol. The number of carbonyl (C=O) groups excluding carboxylic acids is 3. The number of benzene rings is 2. The first kappa shape index (κ1) is 21.3. The van der Waals surface area contributed by atoms with Gasteiger partial charge in [0.2, 0.25) is 5.91 Å². The summed E-state index contributed by atoms with van der Waals surface area (Å²) in [6, 6.07) is 11.5. The second-order valence-corrected chi connectivity index (χ2v) is 8.69. The molecule has 0 bridgehead atoms. The summed E-state index contributed by atoms with van der Waals surface area (Å²) in [4.78, 5) is 46.1. The molecule has 1 spiro atoms. The van der Waals surface area contributed by atoms with Gasteiger partial charge in [-0.3, -0.25) is 14.9 Å². The van der Waals surface area contributed by atoms with E-state index in [1.807, 2.05) is 31.3 Å². The second kappa shape index (κ2) is 7.77. The monoisotopic (exact) mass is 450 g/mol. The Balaban J connectivity index is 1.68. The first-order valence-corrected chi connectivity index (χ1v) is 10.9. The molecule has 5 rings (SSSR count). The summed E-state index contributed by atoms with van der Waals surface area (Å²) in [5, 5.41) is 2.47. The Bertz CT molecular complexity index is 1150. The number of likely N-dealkylation sites (N-methyl/N-ethyl adjacent to an activating group) is 1. The fraction of sp³-hybridized carbons (Fsp3) is 0.375. The quantitative estimate of drug-likeness (QED) is 0.711. The molecule has 0 radical (unpaired) electrons. The highest BCUT2D eigenvalue weighted by Crippen LogP contribution is 2.47. The smallest absolute Gasteiger partial charge is 0.335 e. The molecule has 2 aromatic carbocycles. The van der Waals surface area contributed by atoms with Crippen molar-refractivity contribution in [1.82, 2.24) is 10.2 Å². The molecular formula is C24H26N4O5. The summed E-state index contributed by atoms with van der Waals surface area (Å²) in [7, 11) is 4.94. The topological polar surface area (TPSA) is 91.4 Å². The number of ether oxygens (including phenoxy) is 2. The van der Waals surface area contributed by atoms with Crippen LogP contribution in [0.25, 0.3) is 0 Å². The van der Waals surface area contributed by atoms with Gasteiger partial charge in [0, 0.05) is 31.4 Å². The van der Waals surface area contributed by atoms with Crippen LogP contribution in [0.15, 0.2) is 42.5 Å². The molecule has 2 saturated heterocycles. The lowest BCUT2D eigenvalue weighted by molar-refractivity contribution is -0.145. The third-order valence-corrected chi connectivity index (χ3v) is 6.96. The Kier molecular flexibility index (Phi) is 5.01. The number of anilines is 2. The van der Waals surface area contributed by atoms with E-state index >= 15 is 0 Å². The van der Waals surface area contributed by atoms with Crippen LogP contribution in [-0.2, 0) is 16.0 Å². The molecule has 0 unspecified atom stereocenters. The number of piperazine rings is 1. The van der Waals surface area contributed by atoms with Crippen molar-refractivity contribution in [2.24, 2.45) is 5.41 Å². The minimum absolute atomic E-state index is 0.207. The van der Waals surface area contributed by atoms with Crippen LogP contribution in [0, 0.1) is 5.41 Å². The van der Waals surface area contributed by atoms with E-state index in [2.05, 4.69) is 15.1 Å². The van der Waals surface area contributed by atoms with Crippen LogP contribution in [0.2, 0.25) is 0 Å². The van der Waals surface area contributed by atoms with Gasteiger partial charge in [0.05, 0.1) is 25.9 Å². The van der Waals surface area contributed by atoms with Crippen molar-refractivity contribution in [3.05, 3.63) is 48.0 Å². The van der Waals surface area contributed by atoms with Crippen molar-refractivity contribution in [3.63, 3.8) is 0 Å². The lowest BCUT2D eigenvalue weighted by atomic mass is 9.67. The van der Waals surface area contributed by atoms with Crippen LogP contribution in [-0.4, -0.2) is 69.7 Å². The van der Waals surface area contributed by atoms with E-state index in [-0.39, 0.29) is 12.1 Å². The van der Waals surface area contributed by atoms with Crippen LogP contribution >= 0.6 is 0 Å². The third kappa shape index (κ3) is 3.06. The summed E-state index contributed by atoms with van der Waals surface area (Å²) >= 11 is 0. The van der Waals surface area contributed by atoms with Crippen molar-refractivity contribution in [3.8, 4) is 11.5 Å². The maximum Gasteiger partial charge on any atom is 0.335 e. The molecule has 172 valence electrons. The van der Waals surface area contributed by atoms with Crippen molar-refractivity contribution in [1.29, 1.82) is 0 Å². The van der Waals surface area contributed by atoms with Gasteiger partial charge >= 0.3 is 6.03 Å². The molecule has 0 aliphatic carbocycles. The zero-order valence-corrected chi connectivity index (χ0v) is 18.8. The zero-order chi connectivity index (χ0) is 23.3. The largest absolute Gasteiger partial charge is 0.497 e. The summed E-state index contributed by atoms with van der Waals surface area (Å²) < 4.78 is 10.8. The molecule has 0 saturated carbocycles. The Morgan fingerprint density at radius 1 is 1.00 bits per heavy atom. The number of rotatable bonds is 3. The third-order valence-electron chi connectivity index (χ3n) is 6.96. The van der Waals surface area contributed by atoms with Crippen LogP contribution in [0.3, 0.4) is 0 Å². The SMILES string of the molecule is COc1ccc(OC)c(N2C(=O)NC(=O)[C@@]3(Cc4ccccc4N4CCN(C)C[C@@H]43)C2=O)c1. The van der Waals surface area contributed by atoms with Gasteiger partial charge in [0.15, 0.2) is 5.41 Å². The molecule has 2 atom stereocenters. The van der Waals surface area contributed by atoms with Crippen LogP contribution in [0.1, 0.15) is 5.56 Å². The molecule has 3 heterocycles. The Morgan fingerprint density at radius 2 is 1.79 bits per heavy atom. The highest BCUT2D eigenvalue weighted by molar-refractivity contribution is 6.31. The Hall–Kier alpha value is -3.59. The summed E-state index contributed by atoms with van der Waals surface area (Å²) in [5.74, 6) is -0.319. The number of amides is 4. The van der Waals surface area contributed by atoms with Crippen molar-refractivity contribution in [2.45, 2.75) is 12.5 Å². The zero-order valence-electron chi connectivity index (χ0n) is 18.8. The maximum absolute atomic E-state index is 14.3. The first-order chi connectivity index (χ1) is 15.9. The Morgan fingerprint density at radius 3 is 2.55 bits per heavy atom. The first-order valence-electron chi connectivity index (χ1n) is 10.9. The highest BCUT2D eigenvalue weighted by atomic mass is 16.5. The average Bonchev–Trinajstić information content (AvgIpc) is 2.82. The normalized spacial score (nSPS) is 24.9. The van der Waals surface area contributed by atoms with E-state index in [0.29, 0.717) is 24.6 Å². The van der Waals surface area contributed by atoms with Crippen molar-refractivity contribution in [2.75, 3.05) is 50.7 Å². The van der Waals surface area contributed by atoms with Gasteiger partial charge in [0.1, 0.15) is 11.5 Å². The van der Waals surface area contributed by atoms with Crippen LogP contribution < -0.4 is 24.6 Å². The molecule has 2 aromatic rings. The van der Waals surface area contributed by atoms with Crippen molar-refractivity contribution < 1.29 is 23.9 Å². The number of carbonyl (C=O) groups is 3. The van der Waals surface area contributed by atoms with Gasteiger partial charge in [-0.05, 0) is 37.2 Å². The number of fused-ring (bicyclic) bond motifs is 4. The van der Waals surface area contributed by atoms with E-state index < -0.39 is 29.3 Å². The lowest BCUT2D eigenvalue weighted by Gasteiger charge is -2.55. The minimum Gasteiger partial charge on any atom is -0.497 e. The van der Waals surface area contributed by atoms with Gasteiger partial charge in [-0.2, -0.15) is 0 Å². The van der Waals surface area contributed by atoms with Gasteiger partial charge in [-0.25, -0.2) is 9.69 Å². The summed E-state index contributed by atoms with van der Waals surface area (Å²) in [6.07, 6.45) is 0.207. The Labute approximate surface area is 191 Å². The van der Waals surface area contributed by atoms with Gasteiger partial charge in [0.25, 0.3) is 5.91 Å². The van der Waals surface area contributed by atoms with Crippen LogP contribution in [0.4, 0.5) is 16.2 Å². The number of urea groups is 1. The summed E-state index contributed by atoms with van der Waals surface area (Å²) in [5.41, 5.74) is 0.712. The summed E-state index contributed by atoms with van der Waals surface area (Å²) in [6.45, 7) is 2.00. The maximum atomic E-state index is 14.3. The van der Waals surface area contributed by atoms with Gasteiger partial charge in [-0.15, -0.1) is 0 Å². The lowest BCUT2D eigenvalue weighted by Crippen LogP contribution is -2.75. The molecule has 0 aromatic heterocycles. The van der Waals surface area contributed by atoms with E-state index in [1.54, 1.807) is 18.2 Å². The van der Waals surface area contributed by atoms with Gasteiger partial charge in [-0.1, -0.05) is 18.2 Å². The van der Waals surface area contributed by atoms with E-state index in [1.165, 1.54) is 14.2 Å².